The minimum Gasteiger partial charge on any atom is -0.450 e. The van der Waals surface area contributed by atoms with Crippen molar-refractivity contribution in [1.29, 1.82) is 10.7 Å². The fraction of sp³-hybridized carbons (Fsp3) is 0.353. The van der Waals surface area contributed by atoms with E-state index in [-0.39, 0.29) is 18.1 Å². The molecule has 2 amide bonds. The van der Waals surface area contributed by atoms with Gasteiger partial charge in [-0.1, -0.05) is 0 Å². The Labute approximate surface area is 150 Å². The zero-order valence-corrected chi connectivity index (χ0v) is 14.8. The molecule has 0 aliphatic carbocycles. The number of aromatic nitrogens is 1. The highest BCUT2D eigenvalue weighted by atomic mass is 16.5. The molecule has 0 saturated carbocycles. The molecule has 1 aliphatic rings. The molecule has 26 heavy (non-hydrogen) atoms. The van der Waals surface area contributed by atoms with Crippen molar-refractivity contribution in [3.8, 4) is 6.07 Å². The van der Waals surface area contributed by atoms with Gasteiger partial charge in [0.1, 0.15) is 17.6 Å². The fourth-order valence-electron chi connectivity index (χ4n) is 2.43. The molecule has 0 unspecified atom stereocenters. The Morgan fingerprint density at radius 1 is 1.46 bits per heavy atom. The van der Waals surface area contributed by atoms with Crippen LogP contribution >= 0.6 is 0 Å². The second-order valence-corrected chi connectivity index (χ2v) is 6.05. The van der Waals surface area contributed by atoms with E-state index in [2.05, 4.69) is 20.9 Å². The van der Waals surface area contributed by atoms with Gasteiger partial charge in [0.25, 0.3) is 5.91 Å². The van der Waals surface area contributed by atoms with Crippen LogP contribution in [0.1, 0.15) is 36.8 Å². The summed E-state index contributed by atoms with van der Waals surface area (Å²) in [6, 6.07) is 4.80. The lowest BCUT2D eigenvalue weighted by Crippen LogP contribution is -2.42. The maximum atomic E-state index is 12.3. The van der Waals surface area contributed by atoms with Gasteiger partial charge >= 0.3 is 6.09 Å². The lowest BCUT2D eigenvalue weighted by Gasteiger charge is -2.23. The van der Waals surface area contributed by atoms with Gasteiger partial charge in [-0.15, -0.1) is 0 Å². The van der Waals surface area contributed by atoms with Gasteiger partial charge in [0.05, 0.1) is 17.7 Å². The van der Waals surface area contributed by atoms with Crippen LogP contribution in [0.15, 0.2) is 29.6 Å². The Morgan fingerprint density at radius 2 is 2.19 bits per heavy atom. The second-order valence-electron chi connectivity index (χ2n) is 6.05. The van der Waals surface area contributed by atoms with E-state index in [9.17, 15) is 9.59 Å². The van der Waals surface area contributed by atoms with E-state index in [4.69, 9.17) is 15.4 Å². The van der Waals surface area contributed by atoms with E-state index < -0.39 is 17.5 Å². The van der Waals surface area contributed by atoms with Gasteiger partial charge in [-0.25, -0.2) is 9.78 Å². The number of pyridine rings is 1. The van der Waals surface area contributed by atoms with Crippen LogP contribution in [0.5, 0.6) is 0 Å². The molecular formula is C17H20N6O3. The lowest BCUT2D eigenvalue weighted by molar-refractivity contribution is 0.0972. The van der Waals surface area contributed by atoms with E-state index >= 15 is 0 Å². The van der Waals surface area contributed by atoms with Crippen molar-refractivity contribution in [1.82, 2.24) is 20.9 Å². The van der Waals surface area contributed by atoms with Crippen molar-refractivity contribution in [2.24, 2.45) is 0 Å². The first-order valence-electron chi connectivity index (χ1n) is 7.97. The van der Waals surface area contributed by atoms with E-state index in [1.54, 1.807) is 6.92 Å². The van der Waals surface area contributed by atoms with Crippen LogP contribution in [0.3, 0.4) is 0 Å². The maximum Gasteiger partial charge on any atom is 0.411 e. The monoisotopic (exact) mass is 356 g/mol. The Morgan fingerprint density at radius 3 is 2.77 bits per heavy atom. The van der Waals surface area contributed by atoms with Crippen LogP contribution in [0, 0.1) is 16.7 Å². The lowest BCUT2D eigenvalue weighted by atomic mass is 10.0. The number of carbonyl (C=O) groups is 2. The largest absolute Gasteiger partial charge is 0.450 e. The molecule has 2 heterocycles. The molecule has 4 N–H and O–H groups in total. The van der Waals surface area contributed by atoms with Gasteiger partial charge in [0.15, 0.2) is 0 Å². The standard InChI is InChI=1S/C17H20N6O3/c1-4-26-16(25)22-13-11(9-21-17(13,2)3)14(19)23-15(24)12-6-5-10(7-18)8-20-12/h5-6,8,21H,4,9H2,1-3H3,(H,22,25)(H2,19,23,24). The first-order chi connectivity index (χ1) is 12.3. The summed E-state index contributed by atoms with van der Waals surface area (Å²) in [5.74, 6) is -0.724. The summed E-state index contributed by atoms with van der Waals surface area (Å²) in [6.07, 6.45) is 0.663. The third-order valence-electron chi connectivity index (χ3n) is 3.80. The molecule has 1 aliphatic heterocycles. The summed E-state index contributed by atoms with van der Waals surface area (Å²) < 4.78 is 4.89. The number of nitrogens with one attached hydrogen (secondary N) is 4. The first-order valence-corrected chi connectivity index (χ1v) is 7.97. The van der Waals surface area contributed by atoms with Crippen molar-refractivity contribution in [3.05, 3.63) is 40.9 Å². The smallest absolute Gasteiger partial charge is 0.411 e. The molecule has 0 radical (unpaired) electrons. The molecule has 1 aromatic rings. The third-order valence-corrected chi connectivity index (χ3v) is 3.80. The minimum absolute atomic E-state index is 0.0828. The van der Waals surface area contributed by atoms with Crippen LogP contribution in [0.2, 0.25) is 0 Å². The SMILES string of the molecule is CCOC(=O)NC1=C(C(=N)NC(=O)c2ccc(C#N)cn2)CNC1(C)C. The zero-order chi connectivity index (χ0) is 19.3. The van der Waals surface area contributed by atoms with Gasteiger partial charge in [-0.3, -0.25) is 15.5 Å². The summed E-state index contributed by atoms with van der Waals surface area (Å²) in [7, 11) is 0. The summed E-state index contributed by atoms with van der Waals surface area (Å²) in [5, 5.41) is 25.2. The highest BCUT2D eigenvalue weighted by molar-refractivity contribution is 6.11. The Bertz CT molecular complexity index is 805. The highest BCUT2D eigenvalue weighted by Crippen LogP contribution is 2.24. The number of alkyl carbamates (subject to hydrolysis) is 1. The molecule has 0 bridgehead atoms. The van der Waals surface area contributed by atoms with E-state index in [0.717, 1.165) is 0 Å². The first kappa shape index (κ1) is 19.1. The minimum atomic E-state index is -0.621. The van der Waals surface area contributed by atoms with Crippen molar-refractivity contribution >= 4 is 17.8 Å². The van der Waals surface area contributed by atoms with E-state index in [0.29, 0.717) is 23.4 Å². The normalized spacial score (nSPS) is 15.2. The van der Waals surface area contributed by atoms with E-state index in [1.807, 2.05) is 19.9 Å². The Kier molecular flexibility index (Phi) is 5.69. The van der Waals surface area contributed by atoms with Crippen molar-refractivity contribution < 1.29 is 14.3 Å². The fourth-order valence-corrected chi connectivity index (χ4v) is 2.43. The van der Waals surface area contributed by atoms with Gasteiger partial charge in [0.2, 0.25) is 0 Å². The molecule has 0 spiro atoms. The summed E-state index contributed by atoms with van der Waals surface area (Å²) in [5.41, 5.74) is 0.742. The number of amides is 2. The van der Waals surface area contributed by atoms with Crippen LogP contribution < -0.4 is 16.0 Å². The predicted molar refractivity (Wildman–Crippen MR) is 93.4 cm³/mol. The van der Waals surface area contributed by atoms with Gasteiger partial charge in [-0.05, 0) is 32.9 Å². The zero-order valence-electron chi connectivity index (χ0n) is 14.8. The Hall–Kier alpha value is -3.25. The highest BCUT2D eigenvalue weighted by Gasteiger charge is 2.35. The van der Waals surface area contributed by atoms with Crippen LogP contribution in [0.25, 0.3) is 0 Å². The van der Waals surface area contributed by atoms with Gasteiger partial charge in [0, 0.05) is 24.0 Å². The molecule has 9 nitrogen and oxygen atoms in total. The number of nitriles is 1. The van der Waals surface area contributed by atoms with Crippen LogP contribution in [-0.2, 0) is 4.74 Å². The molecule has 0 saturated heterocycles. The summed E-state index contributed by atoms with van der Waals surface area (Å²) >= 11 is 0. The second kappa shape index (κ2) is 7.76. The number of rotatable bonds is 4. The molecule has 0 aromatic carbocycles. The van der Waals surface area contributed by atoms with Crippen molar-refractivity contribution in [2.45, 2.75) is 26.3 Å². The average molecular weight is 356 g/mol. The molecule has 1 aromatic heterocycles. The molecule has 9 heteroatoms. The number of hydrogen-bond acceptors (Lipinski definition) is 7. The Balaban J connectivity index is 2.18. The number of ether oxygens (including phenoxy) is 1. The van der Waals surface area contributed by atoms with Crippen molar-refractivity contribution in [3.63, 3.8) is 0 Å². The topological polar surface area (TPSA) is 140 Å². The summed E-state index contributed by atoms with van der Waals surface area (Å²) in [4.78, 5) is 27.9. The quantitative estimate of drug-likeness (QED) is 0.469. The van der Waals surface area contributed by atoms with Crippen molar-refractivity contribution in [2.75, 3.05) is 13.2 Å². The predicted octanol–water partition coefficient (Wildman–Crippen LogP) is 1.04. The number of nitrogens with zero attached hydrogens (tertiary/aromatic N) is 2. The van der Waals surface area contributed by atoms with Gasteiger partial charge < -0.3 is 15.4 Å². The summed E-state index contributed by atoms with van der Waals surface area (Å²) in [6.45, 7) is 5.91. The molecule has 136 valence electrons. The number of amidine groups is 1. The molecule has 2 rings (SSSR count). The maximum absolute atomic E-state index is 12.3. The molecule has 0 fully saturated rings. The molecular weight excluding hydrogens is 336 g/mol. The average Bonchev–Trinajstić information content (AvgIpc) is 2.90. The number of carbonyl (C=O) groups excluding carboxylic acids is 2. The van der Waals surface area contributed by atoms with Crippen LogP contribution in [-0.4, -0.2) is 41.5 Å². The number of hydrogen-bond donors (Lipinski definition) is 4. The van der Waals surface area contributed by atoms with E-state index in [1.165, 1.54) is 18.3 Å². The third kappa shape index (κ3) is 4.23. The molecule has 0 atom stereocenters. The van der Waals surface area contributed by atoms with Gasteiger partial charge in [-0.2, -0.15) is 5.26 Å². The van der Waals surface area contributed by atoms with Crippen LogP contribution in [0.4, 0.5) is 4.79 Å².